The van der Waals surface area contributed by atoms with Crippen LogP contribution < -0.4 is 10.6 Å². The first-order valence-electron chi connectivity index (χ1n) is 6.71. The van der Waals surface area contributed by atoms with Crippen molar-refractivity contribution >= 4 is 5.69 Å². The van der Waals surface area contributed by atoms with Gasteiger partial charge < -0.3 is 10.6 Å². The molecule has 2 N–H and O–H groups in total. The number of piperidine rings is 1. The predicted molar refractivity (Wildman–Crippen MR) is 70.3 cm³/mol. The Morgan fingerprint density at radius 1 is 1.30 bits per heavy atom. The van der Waals surface area contributed by atoms with Crippen molar-refractivity contribution in [3.8, 4) is 0 Å². The van der Waals surface area contributed by atoms with Crippen LogP contribution in [0, 0.1) is 5.92 Å². The molecule has 0 amide bonds. The van der Waals surface area contributed by atoms with Crippen LogP contribution in [0.2, 0.25) is 0 Å². The van der Waals surface area contributed by atoms with Crippen molar-refractivity contribution in [3.63, 3.8) is 0 Å². The summed E-state index contributed by atoms with van der Waals surface area (Å²) in [4.78, 5) is 0. The van der Waals surface area contributed by atoms with Crippen molar-refractivity contribution in [2.45, 2.75) is 25.7 Å². The highest BCUT2D eigenvalue weighted by Gasteiger charge is 2.33. The molecule has 1 saturated heterocycles. The normalized spacial score (nSPS) is 19.9. The molecule has 20 heavy (non-hydrogen) atoms. The maximum Gasteiger partial charge on any atom is 0.418 e. The van der Waals surface area contributed by atoms with Crippen LogP contribution in [0.1, 0.15) is 24.0 Å². The van der Waals surface area contributed by atoms with E-state index in [1.165, 1.54) is 12.1 Å². The van der Waals surface area contributed by atoms with E-state index in [2.05, 4.69) is 10.6 Å². The molecule has 2 nitrogen and oxygen atoms in total. The quantitative estimate of drug-likeness (QED) is 0.828. The van der Waals surface area contributed by atoms with E-state index >= 15 is 0 Å². The first-order chi connectivity index (χ1) is 9.50. The molecule has 0 radical (unpaired) electrons. The maximum absolute atomic E-state index is 13.0. The van der Waals surface area contributed by atoms with Crippen LogP contribution in [-0.2, 0) is 12.9 Å². The van der Waals surface area contributed by atoms with Crippen LogP contribution in [-0.4, -0.2) is 19.6 Å². The van der Waals surface area contributed by atoms with E-state index in [9.17, 15) is 17.6 Å². The third-order valence-electron chi connectivity index (χ3n) is 3.52. The van der Waals surface area contributed by atoms with Gasteiger partial charge in [0.2, 0.25) is 0 Å². The average Bonchev–Trinajstić information content (AvgIpc) is 2.45. The third kappa shape index (κ3) is 3.85. The minimum Gasteiger partial charge on any atom is -0.384 e. The highest BCUT2D eigenvalue weighted by Crippen LogP contribution is 2.35. The number of anilines is 1. The van der Waals surface area contributed by atoms with Gasteiger partial charge in [0.05, 0.1) is 5.56 Å². The number of benzene rings is 1. The van der Waals surface area contributed by atoms with Gasteiger partial charge in [-0.1, -0.05) is 6.07 Å². The van der Waals surface area contributed by atoms with Crippen LogP contribution >= 0.6 is 0 Å². The lowest BCUT2D eigenvalue weighted by molar-refractivity contribution is -0.137. The van der Waals surface area contributed by atoms with Gasteiger partial charge in [-0.05, 0) is 49.5 Å². The molecule has 1 atom stereocenters. The smallest absolute Gasteiger partial charge is 0.384 e. The third-order valence-corrected chi connectivity index (χ3v) is 3.52. The van der Waals surface area contributed by atoms with Crippen LogP contribution in [0.15, 0.2) is 18.2 Å². The number of hydrogen-bond donors (Lipinski definition) is 2. The summed E-state index contributed by atoms with van der Waals surface area (Å²) in [5.74, 6) is 0.325. The summed E-state index contributed by atoms with van der Waals surface area (Å²) in [5.41, 5.74) is -0.723. The Labute approximate surface area is 115 Å². The van der Waals surface area contributed by atoms with Crippen molar-refractivity contribution in [2.24, 2.45) is 5.92 Å². The molecule has 0 aliphatic carbocycles. The number of rotatable bonds is 4. The zero-order valence-electron chi connectivity index (χ0n) is 11.1. The molecule has 1 fully saturated rings. The van der Waals surface area contributed by atoms with Gasteiger partial charge >= 0.3 is 6.18 Å². The van der Waals surface area contributed by atoms with Crippen LogP contribution in [0.4, 0.5) is 23.2 Å². The van der Waals surface area contributed by atoms with Gasteiger partial charge in [-0.3, -0.25) is 0 Å². The van der Waals surface area contributed by atoms with Crippen LogP contribution in [0.25, 0.3) is 0 Å². The summed E-state index contributed by atoms with van der Waals surface area (Å²) in [6, 6.07) is 3.58. The summed E-state index contributed by atoms with van der Waals surface area (Å²) >= 11 is 0. The predicted octanol–water partition coefficient (Wildman–Crippen LogP) is 3.59. The molecule has 112 valence electrons. The van der Waals surface area contributed by atoms with Gasteiger partial charge in [0, 0.05) is 12.2 Å². The monoisotopic (exact) mass is 290 g/mol. The Hall–Kier alpha value is -1.30. The summed E-state index contributed by atoms with van der Waals surface area (Å²) in [7, 11) is 0. The standard InChI is InChI=1S/C14H18F4N2/c15-7-10-3-4-13(12(6-10)14(16,17)18)20-9-11-2-1-5-19-8-11/h3-4,6,11,19-20H,1-2,5,7-9H2. The second-order valence-electron chi connectivity index (χ2n) is 5.10. The van der Waals surface area contributed by atoms with Crippen molar-refractivity contribution in [1.82, 2.24) is 5.32 Å². The summed E-state index contributed by atoms with van der Waals surface area (Å²) in [6.45, 7) is 1.38. The van der Waals surface area contributed by atoms with E-state index in [1.54, 1.807) is 0 Å². The maximum atomic E-state index is 13.0. The minimum absolute atomic E-state index is 0.0280. The Morgan fingerprint density at radius 3 is 2.70 bits per heavy atom. The fourth-order valence-electron chi connectivity index (χ4n) is 2.42. The lowest BCUT2D eigenvalue weighted by Crippen LogP contribution is -2.33. The zero-order valence-corrected chi connectivity index (χ0v) is 11.1. The second-order valence-corrected chi connectivity index (χ2v) is 5.10. The second kappa shape index (κ2) is 6.43. The molecule has 0 saturated carbocycles. The topological polar surface area (TPSA) is 24.1 Å². The van der Waals surface area contributed by atoms with Gasteiger partial charge in [0.15, 0.2) is 0 Å². The van der Waals surface area contributed by atoms with Crippen molar-refractivity contribution in [3.05, 3.63) is 29.3 Å². The van der Waals surface area contributed by atoms with E-state index in [4.69, 9.17) is 0 Å². The fraction of sp³-hybridized carbons (Fsp3) is 0.571. The number of hydrogen-bond acceptors (Lipinski definition) is 2. The molecule has 1 aliphatic rings. The molecule has 1 aromatic carbocycles. The van der Waals surface area contributed by atoms with Gasteiger partial charge in [-0.2, -0.15) is 13.2 Å². The lowest BCUT2D eigenvalue weighted by atomic mass is 9.99. The lowest BCUT2D eigenvalue weighted by Gasteiger charge is -2.24. The molecule has 1 heterocycles. The molecule has 0 aromatic heterocycles. The number of alkyl halides is 4. The van der Waals surface area contributed by atoms with E-state index in [-0.39, 0.29) is 11.3 Å². The average molecular weight is 290 g/mol. The summed E-state index contributed by atoms with van der Waals surface area (Å²) in [6.07, 6.45) is -2.43. The van der Waals surface area contributed by atoms with Crippen LogP contribution in [0.5, 0.6) is 0 Å². The molecular formula is C14H18F4N2. The molecule has 6 heteroatoms. The summed E-state index contributed by atoms with van der Waals surface area (Å²) < 4.78 is 51.4. The number of nitrogens with one attached hydrogen (secondary N) is 2. The van der Waals surface area contributed by atoms with E-state index in [0.717, 1.165) is 32.0 Å². The molecule has 1 aliphatic heterocycles. The first kappa shape index (κ1) is 15.1. The SMILES string of the molecule is FCc1ccc(NCC2CCCNC2)c(C(F)(F)F)c1. The first-order valence-corrected chi connectivity index (χ1v) is 6.71. The molecule has 2 rings (SSSR count). The highest BCUT2D eigenvalue weighted by molar-refractivity contribution is 5.54. The van der Waals surface area contributed by atoms with Gasteiger partial charge in [0.25, 0.3) is 0 Å². The van der Waals surface area contributed by atoms with Crippen molar-refractivity contribution in [1.29, 1.82) is 0 Å². The van der Waals surface area contributed by atoms with E-state index in [1.807, 2.05) is 0 Å². The van der Waals surface area contributed by atoms with Gasteiger partial charge in [-0.15, -0.1) is 0 Å². The fourth-order valence-corrected chi connectivity index (χ4v) is 2.42. The molecule has 0 spiro atoms. The highest BCUT2D eigenvalue weighted by atomic mass is 19.4. The zero-order chi connectivity index (χ0) is 14.6. The Kier molecular flexibility index (Phi) is 4.86. The summed E-state index contributed by atoms with van der Waals surface area (Å²) in [5, 5.41) is 6.08. The Morgan fingerprint density at radius 2 is 2.10 bits per heavy atom. The van der Waals surface area contributed by atoms with Crippen LogP contribution in [0.3, 0.4) is 0 Å². The molecule has 1 unspecified atom stereocenters. The molecule has 0 bridgehead atoms. The largest absolute Gasteiger partial charge is 0.418 e. The molecule has 1 aromatic rings. The van der Waals surface area contributed by atoms with Crippen molar-refractivity contribution < 1.29 is 17.6 Å². The molecular weight excluding hydrogens is 272 g/mol. The minimum atomic E-state index is -4.47. The Balaban J connectivity index is 2.09. The Bertz CT molecular complexity index is 439. The number of halogens is 4. The van der Waals surface area contributed by atoms with Gasteiger partial charge in [0.1, 0.15) is 6.67 Å². The van der Waals surface area contributed by atoms with Crippen molar-refractivity contribution in [2.75, 3.05) is 25.0 Å². The van der Waals surface area contributed by atoms with Gasteiger partial charge in [-0.25, -0.2) is 4.39 Å². The van der Waals surface area contributed by atoms with E-state index < -0.39 is 18.4 Å². The van der Waals surface area contributed by atoms with E-state index in [0.29, 0.717) is 12.5 Å².